The summed E-state index contributed by atoms with van der Waals surface area (Å²) in [5.74, 6) is -0.962. The Hall–Kier alpha value is -2.14. The van der Waals surface area contributed by atoms with Gasteiger partial charge in [-0.15, -0.1) is 0 Å². The number of carbonyl (C=O) groups excluding carboxylic acids is 1. The summed E-state index contributed by atoms with van der Waals surface area (Å²) in [6.07, 6.45) is 0. The number of rotatable bonds is 3. The second-order valence-corrected chi connectivity index (χ2v) is 4.49. The molecule has 0 aliphatic rings. The number of hydrogen-bond acceptors (Lipinski definition) is 1. The van der Waals surface area contributed by atoms with Crippen LogP contribution in [0.25, 0.3) is 0 Å². The fourth-order valence-electron chi connectivity index (χ4n) is 1.54. The molecule has 6 heteroatoms. The van der Waals surface area contributed by atoms with Crippen molar-refractivity contribution < 1.29 is 13.6 Å². The molecule has 0 bridgehead atoms. The summed E-state index contributed by atoms with van der Waals surface area (Å²) >= 11 is 5.61. The Morgan fingerprint density at radius 2 is 1.80 bits per heavy atom. The van der Waals surface area contributed by atoms with E-state index < -0.39 is 11.8 Å². The van der Waals surface area contributed by atoms with Gasteiger partial charge in [-0.2, -0.15) is 0 Å². The lowest BCUT2D eigenvalue weighted by Gasteiger charge is -2.08. The zero-order valence-electron chi connectivity index (χ0n) is 10.3. The van der Waals surface area contributed by atoms with E-state index in [1.807, 2.05) is 0 Å². The van der Waals surface area contributed by atoms with Crippen molar-refractivity contribution in [1.29, 1.82) is 0 Å². The molecular formula is C14H11ClF2N2O. The van der Waals surface area contributed by atoms with Gasteiger partial charge in [0.1, 0.15) is 11.6 Å². The molecule has 20 heavy (non-hydrogen) atoms. The first-order chi connectivity index (χ1) is 9.54. The van der Waals surface area contributed by atoms with Crippen molar-refractivity contribution >= 4 is 23.3 Å². The van der Waals surface area contributed by atoms with Crippen LogP contribution < -0.4 is 10.6 Å². The molecule has 0 radical (unpaired) electrons. The summed E-state index contributed by atoms with van der Waals surface area (Å²) in [7, 11) is 0. The summed E-state index contributed by atoms with van der Waals surface area (Å²) in [5, 5.41) is 5.15. The zero-order chi connectivity index (χ0) is 14.5. The molecule has 0 unspecified atom stereocenters. The van der Waals surface area contributed by atoms with Crippen LogP contribution in [0.15, 0.2) is 42.5 Å². The topological polar surface area (TPSA) is 41.1 Å². The first-order valence-corrected chi connectivity index (χ1v) is 6.17. The van der Waals surface area contributed by atoms with E-state index in [4.69, 9.17) is 11.6 Å². The number of anilines is 1. The predicted molar refractivity (Wildman–Crippen MR) is 73.7 cm³/mol. The highest BCUT2D eigenvalue weighted by Crippen LogP contribution is 2.18. The lowest BCUT2D eigenvalue weighted by Crippen LogP contribution is -2.28. The number of hydrogen-bond donors (Lipinski definition) is 2. The van der Waals surface area contributed by atoms with Gasteiger partial charge in [-0.25, -0.2) is 13.6 Å². The molecule has 2 N–H and O–H groups in total. The molecule has 0 fully saturated rings. The summed E-state index contributed by atoms with van der Waals surface area (Å²) in [6.45, 7) is 0.210. The molecule has 0 aromatic heterocycles. The monoisotopic (exact) mass is 296 g/mol. The minimum absolute atomic E-state index is 0.0333. The lowest BCUT2D eigenvalue weighted by atomic mass is 10.2. The van der Waals surface area contributed by atoms with E-state index in [1.54, 1.807) is 12.1 Å². The average molecular weight is 297 g/mol. The Kier molecular flexibility index (Phi) is 4.53. The van der Waals surface area contributed by atoms with Crippen LogP contribution in [0.3, 0.4) is 0 Å². The number of urea groups is 1. The van der Waals surface area contributed by atoms with E-state index in [-0.39, 0.29) is 23.1 Å². The third-order valence-corrected chi connectivity index (χ3v) is 2.78. The highest BCUT2D eigenvalue weighted by Gasteiger charge is 2.07. The lowest BCUT2D eigenvalue weighted by molar-refractivity contribution is 0.251. The van der Waals surface area contributed by atoms with Crippen LogP contribution in [-0.2, 0) is 6.54 Å². The fraction of sp³-hybridized carbons (Fsp3) is 0.0714. The van der Waals surface area contributed by atoms with Crippen molar-refractivity contribution in [2.24, 2.45) is 0 Å². The molecule has 0 heterocycles. The quantitative estimate of drug-likeness (QED) is 0.885. The molecule has 2 rings (SSSR count). The Labute approximate surface area is 119 Å². The van der Waals surface area contributed by atoms with Gasteiger partial charge >= 0.3 is 6.03 Å². The summed E-state index contributed by atoms with van der Waals surface area (Å²) in [5.41, 5.74) is 0.768. The van der Waals surface area contributed by atoms with E-state index >= 15 is 0 Å². The van der Waals surface area contributed by atoms with E-state index in [9.17, 15) is 13.6 Å². The molecule has 0 spiro atoms. The molecule has 2 aromatic carbocycles. The molecular weight excluding hydrogens is 286 g/mol. The van der Waals surface area contributed by atoms with Crippen LogP contribution in [0.1, 0.15) is 5.56 Å². The number of halogens is 3. The Morgan fingerprint density at radius 1 is 1.10 bits per heavy atom. The van der Waals surface area contributed by atoms with Crippen LogP contribution in [0.4, 0.5) is 19.3 Å². The molecule has 0 saturated heterocycles. The Bertz CT molecular complexity index is 617. The van der Waals surface area contributed by atoms with Crippen LogP contribution in [0.5, 0.6) is 0 Å². The third-order valence-electron chi connectivity index (χ3n) is 2.55. The molecule has 104 valence electrons. The number of benzene rings is 2. The largest absolute Gasteiger partial charge is 0.334 e. The average Bonchev–Trinajstić information content (AvgIpc) is 2.41. The highest BCUT2D eigenvalue weighted by atomic mass is 35.5. The van der Waals surface area contributed by atoms with Crippen molar-refractivity contribution in [1.82, 2.24) is 5.32 Å². The van der Waals surface area contributed by atoms with Crippen molar-refractivity contribution in [2.75, 3.05) is 5.32 Å². The molecule has 3 nitrogen and oxygen atoms in total. The summed E-state index contributed by atoms with van der Waals surface area (Å²) < 4.78 is 26.1. The number of nitrogens with one attached hydrogen (secondary N) is 2. The van der Waals surface area contributed by atoms with E-state index in [2.05, 4.69) is 10.6 Å². The molecule has 2 amide bonds. The number of carbonyl (C=O) groups is 1. The van der Waals surface area contributed by atoms with Crippen molar-refractivity contribution in [3.63, 3.8) is 0 Å². The molecule has 2 aromatic rings. The molecule has 0 atom stereocenters. The molecule has 0 aliphatic carbocycles. The van der Waals surface area contributed by atoms with Gasteiger partial charge in [0.15, 0.2) is 0 Å². The van der Waals surface area contributed by atoms with E-state index in [0.29, 0.717) is 0 Å². The fourth-order valence-corrected chi connectivity index (χ4v) is 1.70. The van der Waals surface area contributed by atoms with Gasteiger partial charge in [-0.1, -0.05) is 23.7 Å². The summed E-state index contributed by atoms with van der Waals surface area (Å²) in [6, 6.07) is 9.10. The van der Waals surface area contributed by atoms with Gasteiger partial charge in [-0.3, -0.25) is 0 Å². The van der Waals surface area contributed by atoms with Crippen molar-refractivity contribution in [3.8, 4) is 0 Å². The minimum Gasteiger partial charge on any atom is -0.334 e. The third kappa shape index (κ3) is 3.93. The van der Waals surface area contributed by atoms with Crippen LogP contribution >= 0.6 is 11.6 Å². The van der Waals surface area contributed by atoms with Gasteiger partial charge < -0.3 is 10.6 Å². The van der Waals surface area contributed by atoms with Gasteiger partial charge in [0, 0.05) is 11.6 Å². The van der Waals surface area contributed by atoms with Crippen LogP contribution in [-0.4, -0.2) is 6.03 Å². The summed E-state index contributed by atoms with van der Waals surface area (Å²) in [4.78, 5) is 11.6. The molecule has 0 aliphatic heterocycles. The minimum atomic E-state index is -0.616. The van der Waals surface area contributed by atoms with Crippen LogP contribution in [0.2, 0.25) is 5.02 Å². The molecule has 0 saturated carbocycles. The standard InChI is InChI=1S/C14H11ClF2N2O/c15-10-3-6-13(12(17)7-10)19-14(20)18-8-9-1-4-11(16)5-2-9/h1-7H,8H2,(H2,18,19,20). The maximum atomic E-state index is 13.4. The van der Waals surface area contributed by atoms with E-state index in [0.717, 1.165) is 11.6 Å². The zero-order valence-corrected chi connectivity index (χ0v) is 11.0. The first kappa shape index (κ1) is 14.3. The maximum Gasteiger partial charge on any atom is 0.319 e. The number of amides is 2. The highest BCUT2D eigenvalue weighted by molar-refractivity contribution is 6.30. The SMILES string of the molecule is O=C(NCc1ccc(F)cc1)Nc1ccc(Cl)cc1F. The van der Waals surface area contributed by atoms with Crippen molar-refractivity contribution in [2.45, 2.75) is 6.54 Å². The Balaban J connectivity index is 1.90. The second-order valence-electron chi connectivity index (χ2n) is 4.06. The maximum absolute atomic E-state index is 13.4. The van der Waals surface area contributed by atoms with E-state index in [1.165, 1.54) is 24.3 Å². The predicted octanol–water partition coefficient (Wildman–Crippen LogP) is 3.94. The van der Waals surface area contributed by atoms with Gasteiger partial charge in [0.25, 0.3) is 0 Å². The Morgan fingerprint density at radius 3 is 2.45 bits per heavy atom. The van der Waals surface area contributed by atoms with Crippen LogP contribution in [0, 0.1) is 11.6 Å². The first-order valence-electron chi connectivity index (χ1n) is 5.79. The smallest absolute Gasteiger partial charge is 0.319 e. The van der Waals surface area contributed by atoms with Gasteiger partial charge in [0.05, 0.1) is 5.69 Å². The van der Waals surface area contributed by atoms with Crippen molar-refractivity contribution in [3.05, 3.63) is 64.7 Å². The van der Waals surface area contributed by atoms with Gasteiger partial charge in [-0.05, 0) is 35.9 Å². The second kappa shape index (κ2) is 6.34. The van der Waals surface area contributed by atoms with Gasteiger partial charge in [0.2, 0.25) is 0 Å². The normalized spacial score (nSPS) is 10.2.